The quantitative estimate of drug-likeness (QED) is 0.601. The largest absolute Gasteiger partial charge is 0.398 e. The molecule has 0 aliphatic rings. The molecule has 0 fully saturated rings. The first-order valence-electron chi connectivity index (χ1n) is 3.76. The van der Waals surface area contributed by atoms with Crippen molar-refractivity contribution in [2.75, 3.05) is 11.5 Å². The normalized spacial score (nSPS) is 10.5. The van der Waals surface area contributed by atoms with Crippen LogP contribution in [-0.2, 0) is 0 Å². The Bertz CT molecular complexity index is 233. The van der Waals surface area contributed by atoms with Crippen LogP contribution in [0, 0.1) is 0 Å². The van der Waals surface area contributed by atoms with E-state index in [0.717, 1.165) is 16.9 Å². The molecule has 1 rings (SSSR count). The SMILES string of the molecule is CC(C)c1c(N)cccc1N. The predicted molar refractivity (Wildman–Crippen MR) is 49.4 cm³/mol. The zero-order valence-corrected chi connectivity index (χ0v) is 6.96. The molecule has 11 heavy (non-hydrogen) atoms. The van der Waals surface area contributed by atoms with Gasteiger partial charge in [-0.15, -0.1) is 0 Å². The molecule has 0 spiro atoms. The van der Waals surface area contributed by atoms with Crippen LogP contribution in [0.2, 0.25) is 0 Å². The Hall–Kier alpha value is -1.18. The second kappa shape index (κ2) is 2.82. The number of hydrogen-bond acceptors (Lipinski definition) is 2. The summed E-state index contributed by atoms with van der Waals surface area (Å²) in [5, 5.41) is 0. The van der Waals surface area contributed by atoms with E-state index in [4.69, 9.17) is 11.5 Å². The van der Waals surface area contributed by atoms with Crippen LogP contribution in [0.5, 0.6) is 0 Å². The molecule has 0 saturated heterocycles. The van der Waals surface area contributed by atoms with Crippen LogP contribution in [0.1, 0.15) is 25.3 Å². The van der Waals surface area contributed by atoms with Crippen molar-refractivity contribution in [1.82, 2.24) is 0 Å². The smallest absolute Gasteiger partial charge is 0.0369 e. The van der Waals surface area contributed by atoms with Crippen molar-refractivity contribution in [3.8, 4) is 0 Å². The standard InChI is InChI=1S/C9H14N2/c1-6(2)9-7(10)4-3-5-8(9)11/h3-6H,10-11H2,1-2H3. The topological polar surface area (TPSA) is 52.0 Å². The Labute approximate surface area is 67.2 Å². The Morgan fingerprint density at radius 3 is 1.82 bits per heavy atom. The fraction of sp³-hybridized carbons (Fsp3) is 0.333. The van der Waals surface area contributed by atoms with Crippen molar-refractivity contribution >= 4 is 11.4 Å². The molecule has 4 N–H and O–H groups in total. The zero-order chi connectivity index (χ0) is 8.43. The zero-order valence-electron chi connectivity index (χ0n) is 6.96. The summed E-state index contributed by atoms with van der Waals surface area (Å²) in [5.74, 6) is 0.399. The van der Waals surface area contributed by atoms with Gasteiger partial charge in [0.1, 0.15) is 0 Å². The van der Waals surface area contributed by atoms with Crippen LogP contribution in [0.3, 0.4) is 0 Å². The summed E-state index contributed by atoms with van der Waals surface area (Å²) in [4.78, 5) is 0. The third-order valence-electron chi connectivity index (χ3n) is 1.75. The van der Waals surface area contributed by atoms with Gasteiger partial charge in [0.15, 0.2) is 0 Å². The van der Waals surface area contributed by atoms with Crippen LogP contribution < -0.4 is 11.5 Å². The Kier molecular flexibility index (Phi) is 2.03. The first-order valence-corrected chi connectivity index (χ1v) is 3.76. The molecule has 2 heteroatoms. The molecule has 0 aromatic heterocycles. The predicted octanol–water partition coefficient (Wildman–Crippen LogP) is 1.97. The van der Waals surface area contributed by atoms with Crippen LogP contribution in [0.4, 0.5) is 11.4 Å². The first kappa shape index (κ1) is 7.92. The molecular weight excluding hydrogens is 136 g/mol. The van der Waals surface area contributed by atoms with Crippen molar-refractivity contribution in [3.63, 3.8) is 0 Å². The molecule has 1 aromatic carbocycles. The molecule has 0 radical (unpaired) electrons. The summed E-state index contributed by atoms with van der Waals surface area (Å²) >= 11 is 0. The monoisotopic (exact) mass is 150 g/mol. The lowest BCUT2D eigenvalue weighted by molar-refractivity contribution is 0.873. The van der Waals surface area contributed by atoms with Gasteiger partial charge in [0.25, 0.3) is 0 Å². The average molecular weight is 150 g/mol. The molecule has 2 nitrogen and oxygen atoms in total. The maximum Gasteiger partial charge on any atom is 0.0369 e. The molecule has 1 aromatic rings. The van der Waals surface area contributed by atoms with Gasteiger partial charge in [0, 0.05) is 16.9 Å². The fourth-order valence-corrected chi connectivity index (χ4v) is 1.27. The van der Waals surface area contributed by atoms with E-state index in [9.17, 15) is 0 Å². The number of rotatable bonds is 1. The summed E-state index contributed by atoms with van der Waals surface area (Å²) < 4.78 is 0. The lowest BCUT2D eigenvalue weighted by atomic mass is 9.99. The highest BCUT2D eigenvalue weighted by Gasteiger charge is 2.06. The Morgan fingerprint density at radius 1 is 1.09 bits per heavy atom. The van der Waals surface area contributed by atoms with Gasteiger partial charge < -0.3 is 11.5 Å². The summed E-state index contributed by atoms with van der Waals surface area (Å²) in [5.41, 5.74) is 14.1. The van der Waals surface area contributed by atoms with Crippen molar-refractivity contribution in [3.05, 3.63) is 23.8 Å². The van der Waals surface area contributed by atoms with Gasteiger partial charge in [-0.3, -0.25) is 0 Å². The van der Waals surface area contributed by atoms with E-state index in [-0.39, 0.29) is 0 Å². The molecule has 0 heterocycles. The molecule has 0 aliphatic heterocycles. The number of anilines is 2. The minimum atomic E-state index is 0.399. The van der Waals surface area contributed by atoms with Gasteiger partial charge >= 0.3 is 0 Å². The minimum absolute atomic E-state index is 0.399. The van der Waals surface area contributed by atoms with Crippen LogP contribution in [0.15, 0.2) is 18.2 Å². The fourth-order valence-electron chi connectivity index (χ4n) is 1.27. The molecule has 0 aliphatic carbocycles. The third kappa shape index (κ3) is 1.45. The summed E-state index contributed by atoms with van der Waals surface area (Å²) in [7, 11) is 0. The maximum atomic E-state index is 5.74. The van der Waals surface area contributed by atoms with Gasteiger partial charge in [-0.2, -0.15) is 0 Å². The lowest BCUT2D eigenvalue weighted by Crippen LogP contribution is -2.01. The maximum absolute atomic E-state index is 5.74. The van der Waals surface area contributed by atoms with Crippen molar-refractivity contribution in [2.24, 2.45) is 0 Å². The summed E-state index contributed by atoms with van der Waals surface area (Å²) in [6, 6.07) is 5.63. The van der Waals surface area contributed by atoms with E-state index in [1.165, 1.54) is 0 Å². The molecule has 0 atom stereocenters. The number of benzene rings is 1. The highest BCUT2D eigenvalue weighted by Crippen LogP contribution is 2.26. The average Bonchev–Trinajstić information content (AvgIpc) is 1.85. The van der Waals surface area contributed by atoms with E-state index in [0.29, 0.717) is 5.92 Å². The van der Waals surface area contributed by atoms with Crippen LogP contribution >= 0.6 is 0 Å². The Balaban J connectivity index is 3.21. The Morgan fingerprint density at radius 2 is 1.55 bits per heavy atom. The number of nitrogens with two attached hydrogens (primary N) is 2. The highest BCUT2D eigenvalue weighted by molar-refractivity contribution is 5.62. The van der Waals surface area contributed by atoms with Crippen molar-refractivity contribution in [1.29, 1.82) is 0 Å². The second-order valence-corrected chi connectivity index (χ2v) is 3.00. The minimum Gasteiger partial charge on any atom is -0.398 e. The van der Waals surface area contributed by atoms with Gasteiger partial charge in [-0.05, 0) is 18.1 Å². The van der Waals surface area contributed by atoms with Crippen molar-refractivity contribution < 1.29 is 0 Å². The first-order chi connectivity index (χ1) is 5.13. The second-order valence-electron chi connectivity index (χ2n) is 3.00. The number of nitrogen functional groups attached to an aromatic ring is 2. The van der Waals surface area contributed by atoms with Crippen molar-refractivity contribution in [2.45, 2.75) is 19.8 Å². The molecular formula is C9H14N2. The van der Waals surface area contributed by atoms with Crippen LogP contribution in [-0.4, -0.2) is 0 Å². The molecule has 0 amide bonds. The van der Waals surface area contributed by atoms with E-state index in [1.807, 2.05) is 18.2 Å². The van der Waals surface area contributed by atoms with Gasteiger partial charge in [0.05, 0.1) is 0 Å². The molecule has 60 valence electrons. The lowest BCUT2D eigenvalue weighted by Gasteiger charge is -2.11. The molecule has 0 unspecified atom stereocenters. The van der Waals surface area contributed by atoms with E-state index < -0.39 is 0 Å². The summed E-state index contributed by atoms with van der Waals surface area (Å²) in [6.45, 7) is 4.17. The number of hydrogen-bond donors (Lipinski definition) is 2. The molecule has 0 saturated carbocycles. The van der Waals surface area contributed by atoms with Gasteiger partial charge in [0.2, 0.25) is 0 Å². The van der Waals surface area contributed by atoms with Crippen LogP contribution in [0.25, 0.3) is 0 Å². The van der Waals surface area contributed by atoms with Gasteiger partial charge in [-0.25, -0.2) is 0 Å². The van der Waals surface area contributed by atoms with Gasteiger partial charge in [-0.1, -0.05) is 19.9 Å². The van der Waals surface area contributed by atoms with E-state index in [2.05, 4.69) is 13.8 Å². The van der Waals surface area contributed by atoms with E-state index in [1.54, 1.807) is 0 Å². The molecule has 0 bridgehead atoms. The van der Waals surface area contributed by atoms with E-state index >= 15 is 0 Å². The third-order valence-corrected chi connectivity index (χ3v) is 1.75. The highest BCUT2D eigenvalue weighted by atomic mass is 14.6. The summed E-state index contributed by atoms with van der Waals surface area (Å²) in [6.07, 6.45) is 0.